The zero-order chi connectivity index (χ0) is 9.52. The predicted octanol–water partition coefficient (Wildman–Crippen LogP) is 4.34. The van der Waals surface area contributed by atoms with E-state index in [2.05, 4.69) is 38.2 Å². The minimum Gasteiger partial charge on any atom is -0.0885 e. The van der Waals surface area contributed by atoms with Crippen molar-refractivity contribution < 1.29 is 0 Å². The topological polar surface area (TPSA) is 0 Å². The summed E-state index contributed by atoms with van der Waals surface area (Å²) in [6.07, 6.45) is 15.8. The van der Waals surface area contributed by atoms with E-state index in [4.69, 9.17) is 0 Å². The molecule has 0 aromatic carbocycles. The molecule has 2 unspecified atom stereocenters. The third-order valence-electron chi connectivity index (χ3n) is 2.69. The van der Waals surface area contributed by atoms with Gasteiger partial charge in [0.15, 0.2) is 0 Å². The van der Waals surface area contributed by atoms with Crippen LogP contribution in [0.5, 0.6) is 0 Å². The molecule has 2 atom stereocenters. The Labute approximate surface area is 82.7 Å². The molecule has 0 aliphatic heterocycles. The van der Waals surface area contributed by atoms with Gasteiger partial charge in [-0.15, -0.1) is 0 Å². The van der Waals surface area contributed by atoms with Gasteiger partial charge in [0.05, 0.1) is 0 Å². The summed E-state index contributed by atoms with van der Waals surface area (Å²) < 4.78 is 0. The van der Waals surface area contributed by atoms with E-state index in [1.807, 2.05) is 0 Å². The van der Waals surface area contributed by atoms with E-state index >= 15 is 0 Å². The second-order valence-electron chi connectivity index (χ2n) is 4.38. The van der Waals surface area contributed by atoms with Crippen LogP contribution in [0.4, 0.5) is 0 Å². The maximum atomic E-state index is 2.32. The Kier molecular flexibility index (Phi) is 4.88. The van der Waals surface area contributed by atoms with Gasteiger partial charge in [0.25, 0.3) is 0 Å². The average Bonchev–Trinajstić information content (AvgIpc) is 2.59. The minimum atomic E-state index is 0.832. The van der Waals surface area contributed by atoms with Crippen molar-refractivity contribution in [2.45, 2.75) is 46.0 Å². The monoisotopic (exact) mass is 178 g/mol. The largest absolute Gasteiger partial charge is 0.0885 e. The third kappa shape index (κ3) is 4.92. The molecule has 0 spiro atoms. The molecule has 0 aromatic heterocycles. The Morgan fingerprint density at radius 1 is 1.00 bits per heavy atom. The summed E-state index contributed by atoms with van der Waals surface area (Å²) in [5, 5.41) is 0. The third-order valence-corrected chi connectivity index (χ3v) is 2.69. The molecule has 0 aromatic rings. The SMILES string of the molecule is C1=CCCC1.CC1C=CCC(C)C1. The van der Waals surface area contributed by atoms with Crippen LogP contribution >= 0.6 is 0 Å². The molecule has 0 saturated carbocycles. The van der Waals surface area contributed by atoms with Gasteiger partial charge < -0.3 is 0 Å². The highest BCUT2D eigenvalue weighted by atomic mass is 14.1. The van der Waals surface area contributed by atoms with Crippen molar-refractivity contribution in [1.82, 2.24) is 0 Å². The Morgan fingerprint density at radius 3 is 2.00 bits per heavy atom. The normalized spacial score (nSPS) is 31.2. The first-order valence-electron chi connectivity index (χ1n) is 5.60. The van der Waals surface area contributed by atoms with Crippen LogP contribution in [0.15, 0.2) is 24.3 Å². The zero-order valence-electron chi connectivity index (χ0n) is 9.00. The molecule has 2 aliphatic carbocycles. The van der Waals surface area contributed by atoms with E-state index in [1.54, 1.807) is 0 Å². The Bertz CT molecular complexity index is 170. The van der Waals surface area contributed by atoms with Gasteiger partial charge in [0.1, 0.15) is 0 Å². The van der Waals surface area contributed by atoms with Crippen LogP contribution in [-0.2, 0) is 0 Å². The Morgan fingerprint density at radius 2 is 1.69 bits per heavy atom. The Balaban J connectivity index is 0.000000145. The number of hydrogen-bond donors (Lipinski definition) is 0. The molecular weight excluding hydrogens is 156 g/mol. The standard InChI is InChI=1S/C8H14.C5H8/c1-7-4-3-5-8(2)6-7;1-2-4-5-3-1/h3-4,7-8H,5-6H2,1-2H3;1-2H,3-5H2. The molecule has 0 N–H and O–H groups in total. The fourth-order valence-corrected chi connectivity index (χ4v) is 1.94. The molecule has 0 heteroatoms. The lowest BCUT2D eigenvalue weighted by Crippen LogP contribution is -2.04. The average molecular weight is 178 g/mol. The van der Waals surface area contributed by atoms with Crippen molar-refractivity contribution in [3.63, 3.8) is 0 Å². The number of hydrogen-bond acceptors (Lipinski definition) is 0. The first-order valence-corrected chi connectivity index (χ1v) is 5.60. The molecule has 2 aliphatic rings. The molecule has 0 fully saturated rings. The first kappa shape index (κ1) is 10.6. The van der Waals surface area contributed by atoms with Gasteiger partial charge in [-0.2, -0.15) is 0 Å². The lowest BCUT2D eigenvalue weighted by atomic mass is 9.89. The van der Waals surface area contributed by atoms with Gasteiger partial charge in [-0.3, -0.25) is 0 Å². The summed E-state index contributed by atoms with van der Waals surface area (Å²) in [7, 11) is 0. The molecular formula is C13H22. The highest BCUT2D eigenvalue weighted by Gasteiger charge is 2.08. The molecule has 13 heavy (non-hydrogen) atoms. The summed E-state index contributed by atoms with van der Waals surface area (Å²) >= 11 is 0. The second kappa shape index (κ2) is 6.01. The molecule has 0 radical (unpaired) electrons. The van der Waals surface area contributed by atoms with Crippen LogP contribution in [0.2, 0.25) is 0 Å². The quantitative estimate of drug-likeness (QED) is 0.484. The highest BCUT2D eigenvalue weighted by molar-refractivity contribution is 4.93. The van der Waals surface area contributed by atoms with E-state index < -0.39 is 0 Å². The smallest absolute Gasteiger partial charge is 0.0259 e. The van der Waals surface area contributed by atoms with E-state index in [0.717, 1.165) is 11.8 Å². The molecule has 0 bridgehead atoms. The van der Waals surface area contributed by atoms with E-state index in [0.29, 0.717) is 0 Å². The minimum absolute atomic E-state index is 0.832. The van der Waals surface area contributed by atoms with Gasteiger partial charge >= 0.3 is 0 Å². The summed E-state index contributed by atoms with van der Waals surface area (Å²) in [6, 6.07) is 0. The maximum absolute atomic E-state index is 2.32. The van der Waals surface area contributed by atoms with Crippen LogP contribution in [0.3, 0.4) is 0 Å². The zero-order valence-corrected chi connectivity index (χ0v) is 9.00. The second-order valence-corrected chi connectivity index (χ2v) is 4.38. The van der Waals surface area contributed by atoms with Crippen molar-refractivity contribution in [3.8, 4) is 0 Å². The van der Waals surface area contributed by atoms with Crippen molar-refractivity contribution in [2.75, 3.05) is 0 Å². The van der Waals surface area contributed by atoms with Gasteiger partial charge in [-0.25, -0.2) is 0 Å². The summed E-state index contributed by atoms with van der Waals surface area (Å²) in [5.74, 6) is 1.76. The van der Waals surface area contributed by atoms with Crippen LogP contribution < -0.4 is 0 Å². The summed E-state index contributed by atoms with van der Waals surface area (Å²) in [4.78, 5) is 0. The molecule has 2 rings (SSSR count). The van der Waals surface area contributed by atoms with Crippen molar-refractivity contribution >= 4 is 0 Å². The maximum Gasteiger partial charge on any atom is -0.0259 e. The lowest BCUT2D eigenvalue weighted by Gasteiger charge is -2.16. The first-order chi connectivity index (χ1) is 6.29. The van der Waals surface area contributed by atoms with Gasteiger partial charge in [0.2, 0.25) is 0 Å². The van der Waals surface area contributed by atoms with Crippen molar-refractivity contribution in [3.05, 3.63) is 24.3 Å². The van der Waals surface area contributed by atoms with Gasteiger partial charge in [-0.05, 0) is 43.9 Å². The van der Waals surface area contributed by atoms with Gasteiger partial charge in [0, 0.05) is 0 Å². The lowest BCUT2D eigenvalue weighted by molar-refractivity contribution is 0.449. The molecule has 0 saturated heterocycles. The van der Waals surface area contributed by atoms with Crippen molar-refractivity contribution in [2.24, 2.45) is 11.8 Å². The van der Waals surface area contributed by atoms with E-state index in [1.165, 1.54) is 32.1 Å². The van der Waals surface area contributed by atoms with Crippen molar-refractivity contribution in [1.29, 1.82) is 0 Å². The molecule has 0 nitrogen and oxygen atoms in total. The molecule has 0 heterocycles. The fraction of sp³-hybridized carbons (Fsp3) is 0.692. The predicted molar refractivity (Wildman–Crippen MR) is 59.7 cm³/mol. The van der Waals surface area contributed by atoms with E-state index in [9.17, 15) is 0 Å². The van der Waals surface area contributed by atoms with Gasteiger partial charge in [-0.1, -0.05) is 38.2 Å². The highest BCUT2D eigenvalue weighted by Crippen LogP contribution is 2.21. The number of allylic oxidation sites excluding steroid dienone is 4. The van der Waals surface area contributed by atoms with Crippen LogP contribution in [0.25, 0.3) is 0 Å². The summed E-state index contributed by atoms with van der Waals surface area (Å²) in [6.45, 7) is 4.60. The van der Waals surface area contributed by atoms with E-state index in [-0.39, 0.29) is 0 Å². The van der Waals surface area contributed by atoms with Crippen LogP contribution in [0, 0.1) is 11.8 Å². The molecule has 74 valence electrons. The number of rotatable bonds is 0. The van der Waals surface area contributed by atoms with Crippen LogP contribution in [0.1, 0.15) is 46.0 Å². The fourth-order valence-electron chi connectivity index (χ4n) is 1.94. The molecule has 0 amide bonds. The summed E-state index contributed by atoms with van der Waals surface area (Å²) in [5.41, 5.74) is 0. The Hall–Kier alpha value is -0.520. The van der Waals surface area contributed by atoms with Crippen LogP contribution in [-0.4, -0.2) is 0 Å².